The van der Waals surface area contributed by atoms with Crippen molar-refractivity contribution in [2.24, 2.45) is 0 Å². The first-order valence-corrected chi connectivity index (χ1v) is 8.76. The first kappa shape index (κ1) is 17.8. The molecule has 126 valence electrons. The first-order chi connectivity index (χ1) is 11.3. The van der Waals surface area contributed by atoms with E-state index in [1.54, 1.807) is 24.3 Å². The third-order valence-corrected chi connectivity index (χ3v) is 5.00. The summed E-state index contributed by atoms with van der Waals surface area (Å²) in [6, 6.07) is 11.8. The number of rotatable bonds is 7. The van der Waals surface area contributed by atoms with Crippen LogP contribution in [0.15, 0.2) is 66.1 Å². The SMILES string of the molecule is C=CC[C@H](NS(=O)(=O)c1ccc(C)cc1)c1cccc([N+](=O)[O-])c1. The number of nitrogens with zero attached hydrogens (tertiary/aromatic N) is 1. The maximum absolute atomic E-state index is 12.5. The number of aryl methyl sites for hydroxylation is 1. The molecule has 0 unspecified atom stereocenters. The van der Waals surface area contributed by atoms with E-state index in [-0.39, 0.29) is 10.6 Å². The molecule has 0 aromatic heterocycles. The summed E-state index contributed by atoms with van der Waals surface area (Å²) in [7, 11) is -3.75. The minimum absolute atomic E-state index is 0.0869. The molecular formula is C17H18N2O4S. The normalized spacial score (nSPS) is 12.5. The number of nitrogens with one attached hydrogen (secondary N) is 1. The fraction of sp³-hybridized carbons (Fsp3) is 0.176. The van der Waals surface area contributed by atoms with Crippen LogP contribution in [0.4, 0.5) is 5.69 Å². The number of non-ortho nitro benzene ring substituents is 1. The highest BCUT2D eigenvalue weighted by Gasteiger charge is 2.21. The largest absolute Gasteiger partial charge is 0.269 e. The summed E-state index contributed by atoms with van der Waals surface area (Å²) in [6.45, 7) is 5.50. The summed E-state index contributed by atoms with van der Waals surface area (Å²) in [6.07, 6.45) is 1.88. The van der Waals surface area contributed by atoms with Crippen LogP contribution in [0.2, 0.25) is 0 Å². The minimum Gasteiger partial charge on any atom is -0.258 e. The lowest BCUT2D eigenvalue weighted by Gasteiger charge is -2.18. The fourth-order valence-corrected chi connectivity index (χ4v) is 3.48. The van der Waals surface area contributed by atoms with Crippen molar-refractivity contribution in [3.8, 4) is 0 Å². The Balaban J connectivity index is 2.34. The van der Waals surface area contributed by atoms with E-state index in [1.165, 1.54) is 30.3 Å². The van der Waals surface area contributed by atoms with Crippen molar-refractivity contribution in [1.82, 2.24) is 4.72 Å². The van der Waals surface area contributed by atoms with Crippen LogP contribution < -0.4 is 4.72 Å². The van der Waals surface area contributed by atoms with Gasteiger partial charge in [-0.2, -0.15) is 0 Å². The summed E-state index contributed by atoms with van der Waals surface area (Å²) < 4.78 is 27.7. The van der Waals surface area contributed by atoms with Gasteiger partial charge in [-0.1, -0.05) is 35.9 Å². The van der Waals surface area contributed by atoms with Crippen molar-refractivity contribution in [3.63, 3.8) is 0 Å². The molecule has 0 heterocycles. The number of hydrogen-bond acceptors (Lipinski definition) is 4. The Labute approximate surface area is 141 Å². The van der Waals surface area contributed by atoms with Crippen molar-refractivity contribution in [2.45, 2.75) is 24.3 Å². The van der Waals surface area contributed by atoms with Crippen LogP contribution in [0.1, 0.15) is 23.6 Å². The lowest BCUT2D eigenvalue weighted by atomic mass is 10.0. The summed E-state index contributed by atoms with van der Waals surface area (Å²) in [5, 5.41) is 10.9. The number of benzene rings is 2. The van der Waals surface area contributed by atoms with Gasteiger partial charge in [-0.15, -0.1) is 6.58 Å². The number of nitro benzene ring substituents is 1. The minimum atomic E-state index is -3.75. The van der Waals surface area contributed by atoms with Crippen LogP contribution in [0, 0.1) is 17.0 Å². The average molecular weight is 346 g/mol. The molecule has 0 bridgehead atoms. The Kier molecular flexibility index (Phi) is 5.48. The fourth-order valence-electron chi connectivity index (χ4n) is 2.25. The van der Waals surface area contributed by atoms with Crippen LogP contribution >= 0.6 is 0 Å². The second-order valence-corrected chi connectivity index (χ2v) is 7.08. The quantitative estimate of drug-likeness (QED) is 0.472. The molecule has 0 saturated heterocycles. The highest BCUT2D eigenvalue weighted by atomic mass is 32.2. The van der Waals surface area contributed by atoms with Crippen molar-refractivity contribution in [1.29, 1.82) is 0 Å². The van der Waals surface area contributed by atoms with Gasteiger partial charge in [-0.05, 0) is 31.0 Å². The number of hydrogen-bond donors (Lipinski definition) is 1. The van der Waals surface area contributed by atoms with E-state index in [1.807, 2.05) is 6.92 Å². The predicted molar refractivity (Wildman–Crippen MR) is 92.2 cm³/mol. The standard InChI is InChI=1S/C17H18N2O4S/c1-3-5-17(14-6-4-7-15(12-14)19(20)21)18-24(22,23)16-10-8-13(2)9-11-16/h3-4,6-12,17-18H,1,5H2,2H3/t17-/m0/s1. The molecule has 0 fully saturated rings. The Morgan fingerprint density at radius 1 is 1.25 bits per heavy atom. The Bertz CT molecular complexity index is 845. The summed E-state index contributed by atoms with van der Waals surface area (Å²) in [4.78, 5) is 10.6. The Morgan fingerprint density at radius 3 is 2.50 bits per heavy atom. The third-order valence-electron chi connectivity index (χ3n) is 3.51. The van der Waals surface area contributed by atoms with Gasteiger partial charge < -0.3 is 0 Å². The van der Waals surface area contributed by atoms with Gasteiger partial charge in [0.2, 0.25) is 10.0 Å². The van der Waals surface area contributed by atoms with E-state index < -0.39 is 21.0 Å². The lowest BCUT2D eigenvalue weighted by Crippen LogP contribution is -2.28. The summed E-state index contributed by atoms with van der Waals surface area (Å²) >= 11 is 0. The summed E-state index contributed by atoms with van der Waals surface area (Å²) in [5.74, 6) is 0. The van der Waals surface area contributed by atoms with Crippen LogP contribution in [0.5, 0.6) is 0 Å². The number of nitro groups is 1. The molecule has 2 aromatic carbocycles. The Hall–Kier alpha value is -2.51. The highest BCUT2D eigenvalue weighted by Crippen LogP contribution is 2.24. The highest BCUT2D eigenvalue weighted by molar-refractivity contribution is 7.89. The topological polar surface area (TPSA) is 89.3 Å². The van der Waals surface area contributed by atoms with Crippen molar-refractivity contribution in [2.75, 3.05) is 0 Å². The zero-order valence-corrected chi connectivity index (χ0v) is 14.0. The molecule has 0 saturated carbocycles. The van der Waals surface area contributed by atoms with E-state index >= 15 is 0 Å². The van der Waals surface area contributed by atoms with Gasteiger partial charge in [0.05, 0.1) is 15.9 Å². The van der Waals surface area contributed by atoms with Crippen LogP contribution in [-0.2, 0) is 10.0 Å². The van der Waals surface area contributed by atoms with Crippen molar-refractivity contribution >= 4 is 15.7 Å². The van der Waals surface area contributed by atoms with Gasteiger partial charge in [-0.25, -0.2) is 13.1 Å². The van der Waals surface area contributed by atoms with Gasteiger partial charge >= 0.3 is 0 Å². The first-order valence-electron chi connectivity index (χ1n) is 7.28. The molecule has 0 radical (unpaired) electrons. The predicted octanol–water partition coefficient (Wildman–Crippen LogP) is 3.50. The molecule has 0 spiro atoms. The summed E-state index contributed by atoms with van der Waals surface area (Å²) in [5.41, 5.74) is 1.38. The van der Waals surface area contributed by atoms with E-state index in [4.69, 9.17) is 0 Å². The zero-order chi connectivity index (χ0) is 17.7. The van der Waals surface area contributed by atoms with Crippen molar-refractivity contribution in [3.05, 3.63) is 82.4 Å². The number of sulfonamides is 1. The van der Waals surface area contributed by atoms with Gasteiger partial charge in [0.25, 0.3) is 5.69 Å². The molecule has 1 N–H and O–H groups in total. The molecular weight excluding hydrogens is 328 g/mol. The second-order valence-electron chi connectivity index (χ2n) is 5.36. The maximum atomic E-state index is 12.5. The molecule has 0 aliphatic heterocycles. The molecule has 1 atom stereocenters. The molecule has 2 rings (SSSR count). The monoisotopic (exact) mass is 346 g/mol. The maximum Gasteiger partial charge on any atom is 0.269 e. The van der Waals surface area contributed by atoms with E-state index in [9.17, 15) is 18.5 Å². The van der Waals surface area contributed by atoms with Crippen LogP contribution in [0.25, 0.3) is 0 Å². The third kappa shape index (κ3) is 4.27. The molecule has 0 aliphatic rings. The van der Waals surface area contributed by atoms with Gasteiger partial charge in [0.15, 0.2) is 0 Å². The van der Waals surface area contributed by atoms with Gasteiger partial charge in [0, 0.05) is 12.1 Å². The second kappa shape index (κ2) is 7.37. The van der Waals surface area contributed by atoms with Crippen LogP contribution in [-0.4, -0.2) is 13.3 Å². The van der Waals surface area contributed by atoms with Crippen molar-refractivity contribution < 1.29 is 13.3 Å². The molecule has 24 heavy (non-hydrogen) atoms. The molecule has 6 nitrogen and oxygen atoms in total. The zero-order valence-electron chi connectivity index (χ0n) is 13.2. The van der Waals surface area contributed by atoms with E-state index in [2.05, 4.69) is 11.3 Å². The van der Waals surface area contributed by atoms with Gasteiger partial charge in [0.1, 0.15) is 0 Å². The molecule has 0 aliphatic carbocycles. The van der Waals surface area contributed by atoms with E-state index in [0.717, 1.165) is 5.56 Å². The molecule has 0 amide bonds. The Morgan fingerprint density at radius 2 is 1.92 bits per heavy atom. The smallest absolute Gasteiger partial charge is 0.258 e. The molecule has 7 heteroatoms. The van der Waals surface area contributed by atoms with E-state index in [0.29, 0.717) is 12.0 Å². The lowest BCUT2D eigenvalue weighted by molar-refractivity contribution is -0.384. The van der Waals surface area contributed by atoms with Gasteiger partial charge in [-0.3, -0.25) is 10.1 Å². The molecule has 2 aromatic rings. The average Bonchev–Trinajstić information content (AvgIpc) is 2.55. The van der Waals surface area contributed by atoms with Crippen LogP contribution in [0.3, 0.4) is 0 Å².